The first-order valence-electron chi connectivity index (χ1n) is 5.84. The highest BCUT2D eigenvalue weighted by molar-refractivity contribution is 7.89. The van der Waals surface area contributed by atoms with Crippen LogP contribution in [0.2, 0.25) is 0 Å². The van der Waals surface area contributed by atoms with Crippen molar-refractivity contribution >= 4 is 21.4 Å². The van der Waals surface area contributed by atoms with Crippen LogP contribution in [-0.4, -0.2) is 13.5 Å². The van der Waals surface area contributed by atoms with E-state index in [0.717, 1.165) is 23.3 Å². The molecule has 2 rings (SSSR count). The third-order valence-electron chi connectivity index (χ3n) is 2.88. The van der Waals surface area contributed by atoms with Gasteiger partial charge >= 0.3 is 0 Å². The lowest BCUT2D eigenvalue weighted by Gasteiger charge is -2.09. The largest absolute Gasteiger partial charge is 0.392 e. The first kappa shape index (κ1) is 15.1. The Morgan fingerprint density at radius 3 is 2.70 bits per heavy atom. The molecular formula is C13H14FNO3S2. The summed E-state index contributed by atoms with van der Waals surface area (Å²) in [6.45, 7) is 1.65. The standard InChI is InChI=1S/C13H14FNO3S2/c1-9-7-19-8-11(9)5-15-20(17,18)13-4-10(6-16)2-3-12(13)14/h2-4,7-8,15-16H,5-6H2,1H3. The second kappa shape index (κ2) is 6.01. The van der Waals surface area contributed by atoms with Crippen molar-refractivity contribution < 1.29 is 17.9 Å². The van der Waals surface area contributed by atoms with Crippen molar-refractivity contribution in [2.75, 3.05) is 0 Å². The van der Waals surface area contributed by atoms with E-state index >= 15 is 0 Å². The number of rotatable bonds is 5. The van der Waals surface area contributed by atoms with Crippen LogP contribution in [0.25, 0.3) is 0 Å². The summed E-state index contributed by atoms with van der Waals surface area (Å²) in [6, 6.07) is 3.52. The molecule has 0 spiro atoms. The SMILES string of the molecule is Cc1cscc1CNS(=O)(=O)c1cc(CO)ccc1F. The number of hydrogen-bond acceptors (Lipinski definition) is 4. The van der Waals surface area contributed by atoms with Gasteiger partial charge in [-0.15, -0.1) is 0 Å². The Labute approximate surface area is 120 Å². The molecule has 0 saturated carbocycles. The summed E-state index contributed by atoms with van der Waals surface area (Å²) in [6.07, 6.45) is 0. The molecule has 7 heteroatoms. The summed E-state index contributed by atoms with van der Waals surface area (Å²) in [5, 5.41) is 12.8. The van der Waals surface area contributed by atoms with E-state index in [1.165, 1.54) is 17.4 Å². The Bertz CT molecular complexity index is 710. The molecule has 1 aromatic heterocycles. The van der Waals surface area contributed by atoms with Crippen molar-refractivity contribution in [2.24, 2.45) is 0 Å². The number of halogens is 1. The van der Waals surface area contributed by atoms with Crippen LogP contribution in [0.5, 0.6) is 0 Å². The Morgan fingerprint density at radius 1 is 1.35 bits per heavy atom. The molecule has 0 aliphatic rings. The van der Waals surface area contributed by atoms with Crippen LogP contribution in [0.1, 0.15) is 16.7 Å². The van der Waals surface area contributed by atoms with Gasteiger partial charge in [0.15, 0.2) is 0 Å². The molecule has 108 valence electrons. The molecule has 0 saturated heterocycles. The minimum Gasteiger partial charge on any atom is -0.392 e. The monoisotopic (exact) mass is 315 g/mol. The molecule has 0 amide bonds. The second-order valence-electron chi connectivity index (χ2n) is 4.33. The van der Waals surface area contributed by atoms with Gasteiger partial charge < -0.3 is 5.11 Å². The quantitative estimate of drug-likeness (QED) is 0.888. The molecule has 0 atom stereocenters. The summed E-state index contributed by atoms with van der Waals surface area (Å²) in [7, 11) is -3.95. The van der Waals surface area contributed by atoms with Crippen molar-refractivity contribution in [2.45, 2.75) is 25.0 Å². The third-order valence-corrected chi connectivity index (χ3v) is 5.21. The van der Waals surface area contributed by atoms with Gasteiger partial charge in [0.05, 0.1) is 6.61 Å². The number of benzene rings is 1. The molecule has 20 heavy (non-hydrogen) atoms. The lowest BCUT2D eigenvalue weighted by atomic mass is 10.2. The van der Waals surface area contributed by atoms with Crippen molar-refractivity contribution in [1.29, 1.82) is 0 Å². The van der Waals surface area contributed by atoms with Gasteiger partial charge in [0, 0.05) is 6.54 Å². The van der Waals surface area contributed by atoms with E-state index in [1.807, 2.05) is 17.7 Å². The molecule has 0 aliphatic heterocycles. The van der Waals surface area contributed by atoms with Gasteiger partial charge in [0.1, 0.15) is 10.7 Å². The van der Waals surface area contributed by atoms with E-state index in [9.17, 15) is 12.8 Å². The van der Waals surface area contributed by atoms with Crippen molar-refractivity contribution in [3.8, 4) is 0 Å². The van der Waals surface area contributed by atoms with Gasteiger partial charge in [0.25, 0.3) is 0 Å². The Kier molecular flexibility index (Phi) is 4.54. The third kappa shape index (κ3) is 3.24. The van der Waals surface area contributed by atoms with Crippen LogP contribution in [0.15, 0.2) is 33.9 Å². The van der Waals surface area contributed by atoms with E-state index in [0.29, 0.717) is 5.56 Å². The topological polar surface area (TPSA) is 66.4 Å². The van der Waals surface area contributed by atoms with E-state index in [4.69, 9.17) is 5.11 Å². The van der Waals surface area contributed by atoms with Crippen LogP contribution in [0, 0.1) is 12.7 Å². The highest BCUT2D eigenvalue weighted by Crippen LogP contribution is 2.18. The molecule has 0 bridgehead atoms. The number of nitrogens with one attached hydrogen (secondary N) is 1. The first-order valence-corrected chi connectivity index (χ1v) is 8.27. The Morgan fingerprint density at radius 2 is 2.10 bits per heavy atom. The molecule has 1 heterocycles. The van der Waals surface area contributed by atoms with Gasteiger partial charge in [-0.2, -0.15) is 11.3 Å². The highest BCUT2D eigenvalue weighted by atomic mass is 32.2. The van der Waals surface area contributed by atoms with Crippen molar-refractivity contribution in [1.82, 2.24) is 4.72 Å². The molecule has 2 N–H and O–H groups in total. The van der Waals surface area contributed by atoms with Crippen LogP contribution in [-0.2, 0) is 23.2 Å². The molecule has 0 radical (unpaired) electrons. The molecule has 0 fully saturated rings. The average molecular weight is 315 g/mol. The molecule has 1 aromatic carbocycles. The zero-order valence-electron chi connectivity index (χ0n) is 10.8. The van der Waals surface area contributed by atoms with Gasteiger partial charge in [0.2, 0.25) is 10.0 Å². The smallest absolute Gasteiger partial charge is 0.243 e. The van der Waals surface area contributed by atoms with Crippen molar-refractivity contribution in [3.05, 3.63) is 51.5 Å². The first-order chi connectivity index (χ1) is 9.44. The summed E-state index contributed by atoms with van der Waals surface area (Å²) in [5.41, 5.74) is 2.19. The lowest BCUT2D eigenvalue weighted by Crippen LogP contribution is -2.24. The number of thiophene rings is 1. The van der Waals surface area contributed by atoms with E-state index in [1.54, 1.807) is 0 Å². The maximum absolute atomic E-state index is 13.6. The summed E-state index contributed by atoms with van der Waals surface area (Å²) < 4.78 is 40.2. The van der Waals surface area contributed by atoms with Crippen LogP contribution in [0.4, 0.5) is 4.39 Å². The van der Waals surface area contributed by atoms with E-state index in [-0.39, 0.29) is 13.2 Å². The number of aryl methyl sites for hydroxylation is 1. The predicted octanol–water partition coefficient (Wildman–Crippen LogP) is 2.17. The second-order valence-corrected chi connectivity index (χ2v) is 6.81. The lowest BCUT2D eigenvalue weighted by molar-refractivity contribution is 0.281. The Hall–Kier alpha value is -1.28. The fourth-order valence-corrected chi connectivity index (χ4v) is 3.66. The fraction of sp³-hybridized carbons (Fsp3) is 0.231. The van der Waals surface area contributed by atoms with Crippen molar-refractivity contribution in [3.63, 3.8) is 0 Å². The zero-order chi connectivity index (χ0) is 14.8. The maximum atomic E-state index is 13.6. The summed E-state index contributed by atoms with van der Waals surface area (Å²) in [5.74, 6) is -0.836. The van der Waals surface area contributed by atoms with Crippen LogP contribution in [0.3, 0.4) is 0 Å². The van der Waals surface area contributed by atoms with E-state index in [2.05, 4.69) is 4.72 Å². The summed E-state index contributed by atoms with van der Waals surface area (Å²) >= 11 is 1.48. The van der Waals surface area contributed by atoms with Crippen LogP contribution >= 0.6 is 11.3 Å². The molecular weight excluding hydrogens is 301 g/mol. The Balaban J connectivity index is 2.24. The molecule has 4 nitrogen and oxygen atoms in total. The highest BCUT2D eigenvalue weighted by Gasteiger charge is 2.19. The van der Waals surface area contributed by atoms with Crippen LogP contribution < -0.4 is 4.72 Å². The molecule has 0 unspecified atom stereocenters. The molecule has 2 aromatic rings. The van der Waals surface area contributed by atoms with Gasteiger partial charge in [-0.1, -0.05) is 6.07 Å². The van der Waals surface area contributed by atoms with Gasteiger partial charge in [-0.05, 0) is 46.5 Å². The van der Waals surface area contributed by atoms with E-state index < -0.39 is 20.7 Å². The zero-order valence-corrected chi connectivity index (χ0v) is 12.4. The van der Waals surface area contributed by atoms with Gasteiger partial charge in [-0.25, -0.2) is 17.5 Å². The minimum atomic E-state index is -3.95. The predicted molar refractivity (Wildman–Crippen MR) is 75.4 cm³/mol. The number of hydrogen-bond donors (Lipinski definition) is 2. The number of sulfonamides is 1. The number of aliphatic hydroxyl groups excluding tert-OH is 1. The number of aliphatic hydroxyl groups is 1. The normalized spacial score (nSPS) is 11.8. The van der Waals surface area contributed by atoms with Gasteiger partial charge in [-0.3, -0.25) is 0 Å². The summed E-state index contributed by atoms with van der Waals surface area (Å²) in [4.78, 5) is -0.447. The minimum absolute atomic E-state index is 0.112. The maximum Gasteiger partial charge on any atom is 0.243 e. The fourth-order valence-electron chi connectivity index (χ4n) is 1.67. The average Bonchev–Trinajstić information content (AvgIpc) is 2.82. The molecule has 0 aliphatic carbocycles.